The highest BCUT2D eigenvalue weighted by atomic mass is 16.3. The normalized spacial score (nSPS) is 49.5. The zero-order chi connectivity index (χ0) is 10.2. The molecule has 2 fully saturated rings. The van der Waals surface area contributed by atoms with Crippen molar-refractivity contribution in [2.45, 2.75) is 57.6 Å². The van der Waals surface area contributed by atoms with Crippen molar-refractivity contribution in [2.75, 3.05) is 6.54 Å². The van der Waals surface area contributed by atoms with E-state index >= 15 is 0 Å². The minimum Gasteiger partial charge on any atom is -0.388 e. The number of hydrogen-bond donors (Lipinski definition) is 2. The van der Waals surface area contributed by atoms with Gasteiger partial charge in [0.1, 0.15) is 0 Å². The van der Waals surface area contributed by atoms with Crippen molar-refractivity contribution >= 4 is 0 Å². The molecule has 0 radical (unpaired) electrons. The van der Waals surface area contributed by atoms with Gasteiger partial charge in [-0.2, -0.15) is 0 Å². The molecule has 2 heteroatoms. The Bertz CT molecular complexity index is 198. The zero-order valence-electron chi connectivity index (χ0n) is 9.42. The van der Waals surface area contributed by atoms with E-state index in [4.69, 9.17) is 0 Å². The summed E-state index contributed by atoms with van der Waals surface area (Å²) in [5.41, 5.74) is -0.399. The van der Waals surface area contributed by atoms with Crippen molar-refractivity contribution in [3.8, 4) is 0 Å². The fourth-order valence-electron chi connectivity index (χ4n) is 3.13. The molecular weight excluding hydrogens is 174 g/mol. The third-order valence-electron chi connectivity index (χ3n) is 4.45. The molecule has 2 rings (SSSR count). The van der Waals surface area contributed by atoms with Crippen LogP contribution in [0.2, 0.25) is 0 Å². The quantitative estimate of drug-likeness (QED) is 0.673. The van der Waals surface area contributed by atoms with E-state index in [9.17, 15) is 5.11 Å². The fraction of sp³-hybridized carbons (Fsp3) is 1.00. The second-order valence-electron chi connectivity index (χ2n) is 5.32. The molecule has 1 saturated carbocycles. The summed E-state index contributed by atoms with van der Waals surface area (Å²) in [7, 11) is 0. The van der Waals surface area contributed by atoms with E-state index in [1.54, 1.807) is 0 Å². The first-order valence-electron chi connectivity index (χ1n) is 6.10. The average molecular weight is 197 g/mol. The van der Waals surface area contributed by atoms with Crippen molar-refractivity contribution in [2.24, 2.45) is 11.8 Å². The first-order chi connectivity index (χ1) is 6.64. The SMILES string of the molecule is CC1CC(O)(C2CCCCCN2)C1C. The zero-order valence-corrected chi connectivity index (χ0v) is 9.42. The maximum absolute atomic E-state index is 10.5. The van der Waals surface area contributed by atoms with Gasteiger partial charge in [0.15, 0.2) is 0 Å². The molecule has 0 aromatic carbocycles. The van der Waals surface area contributed by atoms with Crippen LogP contribution in [0.15, 0.2) is 0 Å². The minimum atomic E-state index is -0.399. The number of rotatable bonds is 1. The predicted molar refractivity (Wildman–Crippen MR) is 58.2 cm³/mol. The summed E-state index contributed by atoms with van der Waals surface area (Å²) >= 11 is 0. The van der Waals surface area contributed by atoms with E-state index in [1.807, 2.05) is 0 Å². The molecule has 0 bridgehead atoms. The molecule has 0 amide bonds. The molecule has 4 atom stereocenters. The van der Waals surface area contributed by atoms with E-state index in [0.29, 0.717) is 17.9 Å². The minimum absolute atomic E-state index is 0.358. The Morgan fingerprint density at radius 2 is 2.00 bits per heavy atom. The smallest absolute Gasteiger partial charge is 0.0830 e. The van der Waals surface area contributed by atoms with E-state index in [2.05, 4.69) is 19.2 Å². The lowest BCUT2D eigenvalue weighted by atomic mass is 9.59. The molecule has 1 aliphatic carbocycles. The Morgan fingerprint density at radius 1 is 1.21 bits per heavy atom. The van der Waals surface area contributed by atoms with E-state index in [0.717, 1.165) is 19.4 Å². The Balaban J connectivity index is 1.99. The number of hydrogen-bond acceptors (Lipinski definition) is 2. The molecule has 2 aliphatic rings. The van der Waals surface area contributed by atoms with Crippen LogP contribution in [0.4, 0.5) is 0 Å². The molecule has 82 valence electrons. The van der Waals surface area contributed by atoms with Crippen LogP contribution in [-0.2, 0) is 0 Å². The maximum Gasteiger partial charge on any atom is 0.0830 e. The van der Waals surface area contributed by atoms with E-state index in [-0.39, 0.29) is 0 Å². The third kappa shape index (κ3) is 1.59. The molecule has 1 saturated heterocycles. The summed E-state index contributed by atoms with van der Waals surface area (Å²) in [6, 6.07) is 0.358. The van der Waals surface area contributed by atoms with Crippen LogP contribution in [0.1, 0.15) is 46.0 Å². The molecule has 14 heavy (non-hydrogen) atoms. The standard InChI is InChI=1S/C12H23NO/c1-9-8-12(14,10(9)2)11-6-4-3-5-7-13-11/h9-11,13-14H,3-8H2,1-2H3. The molecule has 0 spiro atoms. The van der Waals surface area contributed by atoms with Gasteiger partial charge in [-0.15, -0.1) is 0 Å². The summed E-state index contributed by atoms with van der Waals surface area (Å²) in [5.74, 6) is 1.17. The van der Waals surface area contributed by atoms with E-state index < -0.39 is 5.60 Å². The Hall–Kier alpha value is -0.0800. The van der Waals surface area contributed by atoms with Crippen LogP contribution in [0.25, 0.3) is 0 Å². The molecule has 1 heterocycles. The van der Waals surface area contributed by atoms with Gasteiger partial charge in [0.05, 0.1) is 5.60 Å². The maximum atomic E-state index is 10.5. The van der Waals surface area contributed by atoms with Gasteiger partial charge < -0.3 is 10.4 Å². The first-order valence-corrected chi connectivity index (χ1v) is 6.10. The van der Waals surface area contributed by atoms with Gasteiger partial charge in [0.25, 0.3) is 0 Å². The molecule has 2 N–H and O–H groups in total. The van der Waals surface area contributed by atoms with Gasteiger partial charge in [0, 0.05) is 6.04 Å². The van der Waals surface area contributed by atoms with Gasteiger partial charge >= 0.3 is 0 Å². The van der Waals surface area contributed by atoms with Crippen LogP contribution < -0.4 is 5.32 Å². The van der Waals surface area contributed by atoms with Gasteiger partial charge in [-0.25, -0.2) is 0 Å². The first kappa shape index (κ1) is 10.4. The fourth-order valence-corrected chi connectivity index (χ4v) is 3.13. The molecule has 4 unspecified atom stereocenters. The van der Waals surface area contributed by atoms with Crippen LogP contribution in [0, 0.1) is 11.8 Å². The van der Waals surface area contributed by atoms with Crippen molar-refractivity contribution < 1.29 is 5.11 Å². The van der Waals surface area contributed by atoms with Crippen LogP contribution >= 0.6 is 0 Å². The lowest BCUT2D eigenvalue weighted by Crippen LogP contribution is -2.63. The van der Waals surface area contributed by atoms with Crippen molar-refractivity contribution in [1.29, 1.82) is 0 Å². The molecule has 1 aliphatic heterocycles. The average Bonchev–Trinajstić information content (AvgIpc) is 2.45. The molecule has 2 nitrogen and oxygen atoms in total. The summed E-state index contributed by atoms with van der Waals surface area (Å²) < 4.78 is 0. The lowest BCUT2D eigenvalue weighted by molar-refractivity contribution is -0.148. The van der Waals surface area contributed by atoms with Crippen LogP contribution in [0.3, 0.4) is 0 Å². The highest BCUT2D eigenvalue weighted by Gasteiger charge is 2.52. The highest BCUT2D eigenvalue weighted by molar-refractivity contribution is 5.06. The summed E-state index contributed by atoms with van der Waals surface area (Å²) in [6.45, 7) is 5.53. The Morgan fingerprint density at radius 3 is 2.64 bits per heavy atom. The topological polar surface area (TPSA) is 32.3 Å². The van der Waals surface area contributed by atoms with Crippen molar-refractivity contribution in [1.82, 2.24) is 5.32 Å². The Kier molecular flexibility index (Phi) is 2.85. The van der Waals surface area contributed by atoms with Crippen molar-refractivity contribution in [3.05, 3.63) is 0 Å². The third-order valence-corrected chi connectivity index (χ3v) is 4.45. The summed E-state index contributed by atoms with van der Waals surface area (Å²) in [4.78, 5) is 0. The van der Waals surface area contributed by atoms with Crippen molar-refractivity contribution in [3.63, 3.8) is 0 Å². The van der Waals surface area contributed by atoms with Crippen LogP contribution in [0.5, 0.6) is 0 Å². The molecule has 0 aromatic heterocycles. The van der Waals surface area contributed by atoms with Gasteiger partial charge in [-0.1, -0.05) is 26.7 Å². The number of nitrogens with one attached hydrogen (secondary N) is 1. The highest BCUT2D eigenvalue weighted by Crippen LogP contribution is 2.46. The number of aliphatic hydroxyl groups is 1. The molecule has 0 aromatic rings. The monoisotopic (exact) mass is 197 g/mol. The van der Waals surface area contributed by atoms with Crippen LogP contribution in [-0.4, -0.2) is 23.3 Å². The second-order valence-corrected chi connectivity index (χ2v) is 5.32. The van der Waals surface area contributed by atoms with E-state index in [1.165, 1.54) is 19.3 Å². The lowest BCUT2D eigenvalue weighted by Gasteiger charge is -2.53. The predicted octanol–water partition coefficient (Wildman–Crippen LogP) is 1.93. The van der Waals surface area contributed by atoms with Gasteiger partial charge in [-0.05, 0) is 37.6 Å². The van der Waals surface area contributed by atoms with Gasteiger partial charge in [-0.3, -0.25) is 0 Å². The summed E-state index contributed by atoms with van der Waals surface area (Å²) in [5, 5.41) is 14.1. The van der Waals surface area contributed by atoms with Gasteiger partial charge in [0.2, 0.25) is 0 Å². The Labute approximate surface area is 87.1 Å². The largest absolute Gasteiger partial charge is 0.388 e. The second kappa shape index (κ2) is 3.82. The molecular formula is C12H23NO. The summed E-state index contributed by atoms with van der Waals surface area (Å²) in [6.07, 6.45) is 6.03.